The summed E-state index contributed by atoms with van der Waals surface area (Å²) < 4.78 is 2.23. The fourth-order valence-electron chi connectivity index (χ4n) is 4.33. The van der Waals surface area contributed by atoms with Crippen molar-refractivity contribution in [3.05, 3.63) is 70.9 Å². The first kappa shape index (κ1) is 17.1. The van der Waals surface area contributed by atoms with Crippen LogP contribution in [0.3, 0.4) is 0 Å². The Labute approximate surface area is 155 Å². The summed E-state index contributed by atoms with van der Waals surface area (Å²) in [6, 6.07) is 14.5. The fourth-order valence-corrected chi connectivity index (χ4v) is 4.33. The lowest BCUT2D eigenvalue weighted by atomic mass is 9.90. The van der Waals surface area contributed by atoms with E-state index in [0.717, 1.165) is 41.4 Å². The number of nitrogens with zero attached hydrogens (tertiary/aromatic N) is 1. The number of carbonyl (C=O) groups is 1. The average Bonchev–Trinajstić information content (AvgIpc) is 3.09. The standard InChI is InChI=1S/C24H27NO/c1-16(2)14-25-15-21(20-7-5-6-8-22(20)25)23(26)17-9-10-18-12-24(3,4)13-19(18)11-17/h5-11,15-16H,12-14H2,1-4H3. The second kappa shape index (κ2) is 6.12. The fraction of sp³-hybridized carbons (Fsp3) is 0.375. The summed E-state index contributed by atoms with van der Waals surface area (Å²) in [5.74, 6) is 0.673. The van der Waals surface area contributed by atoms with E-state index in [1.807, 2.05) is 24.4 Å². The van der Waals surface area contributed by atoms with Crippen LogP contribution >= 0.6 is 0 Å². The van der Waals surface area contributed by atoms with Gasteiger partial charge in [0.25, 0.3) is 0 Å². The van der Waals surface area contributed by atoms with Crippen molar-refractivity contribution in [2.75, 3.05) is 0 Å². The predicted octanol–water partition coefficient (Wildman–Crippen LogP) is 5.65. The highest BCUT2D eigenvalue weighted by Crippen LogP contribution is 2.37. The second-order valence-electron chi connectivity index (χ2n) is 8.94. The Kier molecular flexibility index (Phi) is 4.02. The molecule has 0 unspecified atom stereocenters. The molecule has 1 heterocycles. The minimum absolute atomic E-state index is 0.135. The molecular weight excluding hydrogens is 318 g/mol. The lowest BCUT2D eigenvalue weighted by molar-refractivity contribution is 0.104. The van der Waals surface area contributed by atoms with Crippen molar-refractivity contribution >= 4 is 16.7 Å². The number of hydrogen-bond acceptors (Lipinski definition) is 1. The third kappa shape index (κ3) is 2.98. The van der Waals surface area contributed by atoms with E-state index in [2.05, 4.69) is 56.5 Å². The molecule has 1 aromatic heterocycles. The third-order valence-electron chi connectivity index (χ3n) is 5.40. The van der Waals surface area contributed by atoms with Crippen LogP contribution in [0.2, 0.25) is 0 Å². The smallest absolute Gasteiger partial charge is 0.195 e. The second-order valence-corrected chi connectivity index (χ2v) is 8.94. The molecule has 4 rings (SSSR count). The van der Waals surface area contributed by atoms with Crippen LogP contribution in [0.1, 0.15) is 54.7 Å². The zero-order valence-corrected chi connectivity index (χ0v) is 16.2. The molecule has 0 bridgehead atoms. The molecule has 0 N–H and O–H groups in total. The number of ketones is 1. The van der Waals surface area contributed by atoms with Gasteiger partial charge in [-0.05, 0) is 47.4 Å². The molecule has 0 radical (unpaired) electrons. The first-order chi connectivity index (χ1) is 12.3. The maximum absolute atomic E-state index is 13.3. The number of fused-ring (bicyclic) bond motifs is 2. The van der Waals surface area contributed by atoms with Gasteiger partial charge >= 0.3 is 0 Å². The van der Waals surface area contributed by atoms with Gasteiger partial charge in [0.05, 0.1) is 0 Å². The van der Waals surface area contributed by atoms with Gasteiger partial charge in [0.2, 0.25) is 0 Å². The highest BCUT2D eigenvalue weighted by Gasteiger charge is 2.29. The minimum Gasteiger partial charge on any atom is -0.346 e. The van der Waals surface area contributed by atoms with E-state index in [1.165, 1.54) is 11.1 Å². The summed E-state index contributed by atoms with van der Waals surface area (Å²) in [4.78, 5) is 13.3. The molecule has 0 fully saturated rings. The molecule has 1 aliphatic rings. The Bertz CT molecular complexity index is 991. The predicted molar refractivity (Wildman–Crippen MR) is 108 cm³/mol. The Hall–Kier alpha value is -2.35. The third-order valence-corrected chi connectivity index (χ3v) is 5.40. The van der Waals surface area contributed by atoms with Crippen molar-refractivity contribution in [3.63, 3.8) is 0 Å². The van der Waals surface area contributed by atoms with E-state index in [9.17, 15) is 4.79 Å². The van der Waals surface area contributed by atoms with Gasteiger partial charge in [-0.15, -0.1) is 0 Å². The molecular formula is C24H27NO. The largest absolute Gasteiger partial charge is 0.346 e. The van der Waals surface area contributed by atoms with Crippen LogP contribution in [-0.4, -0.2) is 10.4 Å². The van der Waals surface area contributed by atoms with Crippen LogP contribution in [-0.2, 0) is 19.4 Å². The number of benzene rings is 2. The van der Waals surface area contributed by atoms with Crippen molar-refractivity contribution in [1.29, 1.82) is 0 Å². The molecule has 134 valence electrons. The van der Waals surface area contributed by atoms with E-state index < -0.39 is 0 Å². The molecule has 0 saturated heterocycles. The number of carbonyl (C=O) groups excluding carboxylic acids is 1. The molecule has 0 saturated carbocycles. The van der Waals surface area contributed by atoms with E-state index in [4.69, 9.17) is 0 Å². The molecule has 26 heavy (non-hydrogen) atoms. The van der Waals surface area contributed by atoms with Crippen molar-refractivity contribution < 1.29 is 4.79 Å². The van der Waals surface area contributed by atoms with Crippen LogP contribution in [0.25, 0.3) is 10.9 Å². The number of rotatable bonds is 4. The van der Waals surface area contributed by atoms with Crippen LogP contribution in [0.4, 0.5) is 0 Å². The topological polar surface area (TPSA) is 22.0 Å². The van der Waals surface area contributed by atoms with Gasteiger partial charge in [0, 0.05) is 34.8 Å². The van der Waals surface area contributed by atoms with E-state index >= 15 is 0 Å². The van der Waals surface area contributed by atoms with Gasteiger partial charge < -0.3 is 4.57 Å². The zero-order valence-electron chi connectivity index (χ0n) is 16.2. The van der Waals surface area contributed by atoms with E-state index in [-0.39, 0.29) is 5.78 Å². The first-order valence-corrected chi connectivity index (χ1v) is 9.58. The lowest BCUT2D eigenvalue weighted by Crippen LogP contribution is -2.09. The summed E-state index contributed by atoms with van der Waals surface area (Å²) in [5, 5.41) is 1.05. The van der Waals surface area contributed by atoms with Crippen LogP contribution in [0.15, 0.2) is 48.7 Å². The van der Waals surface area contributed by atoms with Crippen molar-refractivity contribution in [3.8, 4) is 0 Å². The molecule has 1 aliphatic carbocycles. The summed E-state index contributed by atoms with van der Waals surface area (Å²) >= 11 is 0. The van der Waals surface area contributed by atoms with Gasteiger partial charge in [-0.2, -0.15) is 0 Å². The molecule has 2 nitrogen and oxygen atoms in total. The molecule has 0 atom stereocenters. The minimum atomic E-state index is 0.135. The molecule has 0 spiro atoms. The average molecular weight is 345 g/mol. The molecule has 2 heteroatoms. The molecule has 0 amide bonds. The number of aromatic nitrogens is 1. The molecule has 2 aromatic carbocycles. The summed E-state index contributed by atoms with van der Waals surface area (Å²) in [5.41, 5.74) is 5.82. The highest BCUT2D eigenvalue weighted by molar-refractivity contribution is 6.16. The SMILES string of the molecule is CC(C)Cn1cc(C(=O)c2ccc3c(c2)CC(C)(C)C3)c2ccccc21. The van der Waals surface area contributed by atoms with E-state index in [1.54, 1.807) is 0 Å². The van der Waals surface area contributed by atoms with Crippen molar-refractivity contribution in [1.82, 2.24) is 4.57 Å². The Morgan fingerprint density at radius 3 is 2.58 bits per heavy atom. The maximum Gasteiger partial charge on any atom is 0.195 e. The van der Waals surface area contributed by atoms with Gasteiger partial charge in [-0.3, -0.25) is 4.79 Å². The van der Waals surface area contributed by atoms with Crippen LogP contribution < -0.4 is 0 Å². The van der Waals surface area contributed by atoms with Gasteiger partial charge in [-0.1, -0.05) is 58.0 Å². The molecule has 0 aliphatic heterocycles. The summed E-state index contributed by atoms with van der Waals surface area (Å²) in [6.45, 7) is 9.94. The van der Waals surface area contributed by atoms with Crippen LogP contribution in [0.5, 0.6) is 0 Å². The van der Waals surface area contributed by atoms with Crippen molar-refractivity contribution in [2.45, 2.75) is 47.1 Å². The monoisotopic (exact) mass is 345 g/mol. The van der Waals surface area contributed by atoms with Gasteiger partial charge in [-0.25, -0.2) is 0 Å². The quantitative estimate of drug-likeness (QED) is 0.560. The van der Waals surface area contributed by atoms with Crippen LogP contribution in [0, 0.1) is 11.3 Å². The van der Waals surface area contributed by atoms with Gasteiger partial charge in [0.1, 0.15) is 0 Å². The molecule has 3 aromatic rings. The highest BCUT2D eigenvalue weighted by atomic mass is 16.1. The maximum atomic E-state index is 13.3. The van der Waals surface area contributed by atoms with Crippen molar-refractivity contribution in [2.24, 2.45) is 11.3 Å². The Morgan fingerprint density at radius 2 is 1.81 bits per heavy atom. The lowest BCUT2D eigenvalue weighted by Gasteiger charge is -2.14. The van der Waals surface area contributed by atoms with E-state index in [0.29, 0.717) is 11.3 Å². The Morgan fingerprint density at radius 1 is 1.08 bits per heavy atom. The normalized spacial score (nSPS) is 15.6. The summed E-state index contributed by atoms with van der Waals surface area (Å²) in [7, 11) is 0. The zero-order chi connectivity index (χ0) is 18.5. The first-order valence-electron chi connectivity index (χ1n) is 9.58. The summed E-state index contributed by atoms with van der Waals surface area (Å²) in [6.07, 6.45) is 4.20. The Balaban J connectivity index is 1.76. The number of hydrogen-bond donors (Lipinski definition) is 0. The number of para-hydroxylation sites is 1. The van der Waals surface area contributed by atoms with Gasteiger partial charge in [0.15, 0.2) is 5.78 Å².